The first-order valence-corrected chi connectivity index (χ1v) is 20.1. The van der Waals surface area contributed by atoms with Gasteiger partial charge in [-0.1, -0.05) is 158 Å². The molecule has 0 unspecified atom stereocenters. The highest BCUT2D eigenvalue weighted by molar-refractivity contribution is 6.19. The molecule has 0 fully saturated rings. The van der Waals surface area contributed by atoms with Crippen LogP contribution >= 0.6 is 0 Å². The monoisotopic (exact) mass is 771 g/mol. The summed E-state index contributed by atoms with van der Waals surface area (Å²) in [6.07, 6.45) is 0. The van der Waals surface area contributed by atoms with Gasteiger partial charge in [0.1, 0.15) is 18.0 Å². The van der Waals surface area contributed by atoms with Crippen LogP contribution in [-0.4, -0.2) is 25.8 Å². The van der Waals surface area contributed by atoms with Gasteiger partial charge in [0.15, 0.2) is 0 Å². The van der Waals surface area contributed by atoms with Gasteiger partial charge in [-0.25, -0.2) is 9.97 Å². The van der Waals surface area contributed by atoms with E-state index in [1.165, 1.54) is 10.8 Å². The molecular weight excluding hydrogens is 735 g/mol. The molecule has 0 N–H and O–H groups in total. The fourth-order valence-corrected chi connectivity index (χ4v) is 8.61. The minimum absolute atomic E-state index is 0.397. The fourth-order valence-electron chi connectivity index (χ4n) is 8.61. The maximum absolute atomic E-state index is 6.53. The second-order valence-corrected chi connectivity index (χ2v) is 14.9. The van der Waals surface area contributed by atoms with Crippen LogP contribution in [-0.2, 0) is 6.61 Å². The first-order chi connectivity index (χ1) is 29.7. The Morgan fingerprint density at radius 1 is 0.467 bits per heavy atom. The van der Waals surface area contributed by atoms with Crippen molar-refractivity contribution in [1.29, 1.82) is 0 Å². The number of hydrogen-bond donors (Lipinski definition) is 0. The maximum atomic E-state index is 6.53. The second kappa shape index (κ2) is 14.7. The van der Waals surface area contributed by atoms with Crippen molar-refractivity contribution in [3.63, 3.8) is 0 Å². The molecule has 0 saturated heterocycles. The Balaban J connectivity index is 1.23. The predicted octanol–water partition coefficient (Wildman–Crippen LogP) is 13.6. The topological polar surface area (TPSA) is 57.2 Å². The van der Waals surface area contributed by atoms with Crippen LogP contribution in [0.15, 0.2) is 205 Å². The number of ether oxygens (including phenoxy) is 1. The van der Waals surface area contributed by atoms with E-state index in [1.54, 1.807) is 0 Å². The van der Waals surface area contributed by atoms with Crippen LogP contribution in [0.3, 0.4) is 0 Å². The SMILES string of the molecule is C=Nc1c(OCc2ccccc2)ccc2c1c1cccc(-n3c4ccccc4c4ccccc43)c1n2-c1nc(-c2ccccc2)cc(-c2cccc(-c3ccccc3)c2)n1. The molecule has 6 heteroatoms. The molecule has 0 saturated carbocycles. The lowest BCUT2D eigenvalue weighted by molar-refractivity contribution is 0.308. The highest BCUT2D eigenvalue weighted by atomic mass is 16.5. The molecule has 0 atom stereocenters. The molecule has 3 aromatic heterocycles. The Morgan fingerprint density at radius 3 is 1.73 bits per heavy atom. The Bertz CT molecular complexity index is 3330. The van der Waals surface area contributed by atoms with Gasteiger partial charge in [-0.05, 0) is 65.9 Å². The number of para-hydroxylation sites is 3. The van der Waals surface area contributed by atoms with E-state index in [0.717, 1.165) is 77.7 Å². The first kappa shape index (κ1) is 35.1. The van der Waals surface area contributed by atoms with E-state index in [4.69, 9.17) is 19.7 Å². The number of rotatable bonds is 9. The van der Waals surface area contributed by atoms with Crippen LogP contribution in [0.5, 0.6) is 5.75 Å². The third kappa shape index (κ3) is 5.93. The zero-order chi connectivity index (χ0) is 40.0. The lowest BCUT2D eigenvalue weighted by Crippen LogP contribution is -2.06. The predicted molar refractivity (Wildman–Crippen MR) is 247 cm³/mol. The zero-order valence-electron chi connectivity index (χ0n) is 32.6. The summed E-state index contributed by atoms with van der Waals surface area (Å²) in [7, 11) is 0. The van der Waals surface area contributed by atoms with Crippen molar-refractivity contribution in [2.24, 2.45) is 4.99 Å². The summed E-state index contributed by atoms with van der Waals surface area (Å²) in [5.41, 5.74) is 12.6. The van der Waals surface area contributed by atoms with Gasteiger partial charge >= 0.3 is 0 Å². The van der Waals surface area contributed by atoms with Gasteiger partial charge in [-0.3, -0.25) is 9.56 Å². The highest BCUT2D eigenvalue weighted by Crippen LogP contribution is 2.46. The molecule has 0 bridgehead atoms. The molecule has 0 radical (unpaired) electrons. The molecule has 0 aliphatic heterocycles. The largest absolute Gasteiger partial charge is 0.487 e. The molecule has 6 nitrogen and oxygen atoms in total. The lowest BCUT2D eigenvalue weighted by atomic mass is 10.0. The van der Waals surface area contributed by atoms with Gasteiger partial charge < -0.3 is 9.30 Å². The summed E-state index contributed by atoms with van der Waals surface area (Å²) in [5.74, 6) is 1.19. The molecule has 284 valence electrons. The standard InChI is InChI=1S/C54H37N5O/c1-55-52-50(60-35-36-17-5-2-6-18-36)32-31-48-51(52)43-27-16-30-49(58-46-28-13-11-25-41(46)42-26-12-14-29-47(42)58)53(43)59(48)54-56-44(38-21-9-4-10-22-38)34-45(57-54)40-24-15-23-39(33-40)37-19-7-3-8-20-37/h2-34H,1,35H2. The maximum Gasteiger partial charge on any atom is 0.235 e. The molecule has 0 aliphatic rings. The third-order valence-electron chi connectivity index (χ3n) is 11.3. The van der Waals surface area contributed by atoms with E-state index in [2.05, 4.69) is 168 Å². The van der Waals surface area contributed by atoms with Crippen molar-refractivity contribution in [1.82, 2.24) is 19.1 Å². The lowest BCUT2D eigenvalue weighted by Gasteiger charge is -2.15. The number of fused-ring (bicyclic) bond motifs is 6. The van der Waals surface area contributed by atoms with Crippen LogP contribution in [0.1, 0.15) is 5.56 Å². The smallest absolute Gasteiger partial charge is 0.235 e. The zero-order valence-corrected chi connectivity index (χ0v) is 32.6. The van der Waals surface area contributed by atoms with E-state index in [-0.39, 0.29) is 0 Å². The molecule has 11 aromatic rings. The van der Waals surface area contributed by atoms with E-state index in [0.29, 0.717) is 24.0 Å². The molecule has 0 amide bonds. The van der Waals surface area contributed by atoms with Gasteiger partial charge in [0.2, 0.25) is 5.95 Å². The average Bonchev–Trinajstić information content (AvgIpc) is 3.85. The van der Waals surface area contributed by atoms with Crippen LogP contribution < -0.4 is 4.74 Å². The Kier molecular flexibility index (Phi) is 8.59. The average molecular weight is 772 g/mol. The summed E-state index contributed by atoms with van der Waals surface area (Å²) < 4.78 is 11.1. The summed E-state index contributed by atoms with van der Waals surface area (Å²) in [5, 5.41) is 4.26. The molecule has 0 aliphatic carbocycles. The number of hydrogen-bond acceptors (Lipinski definition) is 4. The van der Waals surface area contributed by atoms with Crippen molar-refractivity contribution >= 4 is 56.0 Å². The quantitative estimate of drug-likeness (QED) is 0.137. The Morgan fingerprint density at radius 2 is 1.03 bits per heavy atom. The Labute approximate surface area is 347 Å². The normalized spacial score (nSPS) is 11.5. The fraction of sp³-hybridized carbons (Fsp3) is 0.0185. The Hall–Kier alpha value is -8.09. The van der Waals surface area contributed by atoms with Gasteiger partial charge in [0, 0.05) is 32.7 Å². The first-order valence-electron chi connectivity index (χ1n) is 20.1. The second-order valence-electron chi connectivity index (χ2n) is 14.9. The molecule has 60 heavy (non-hydrogen) atoms. The van der Waals surface area contributed by atoms with Crippen LogP contribution in [0, 0.1) is 0 Å². The van der Waals surface area contributed by atoms with Gasteiger partial charge in [0.05, 0.1) is 39.1 Å². The minimum atomic E-state index is 0.397. The minimum Gasteiger partial charge on any atom is -0.487 e. The van der Waals surface area contributed by atoms with E-state index in [9.17, 15) is 0 Å². The molecule has 11 rings (SSSR count). The summed E-state index contributed by atoms with van der Waals surface area (Å²) in [6.45, 7) is 4.50. The van der Waals surface area contributed by atoms with Gasteiger partial charge in [-0.2, -0.15) is 0 Å². The van der Waals surface area contributed by atoms with Crippen molar-refractivity contribution in [3.8, 4) is 51.0 Å². The van der Waals surface area contributed by atoms with Gasteiger partial charge in [0.25, 0.3) is 0 Å². The van der Waals surface area contributed by atoms with Gasteiger partial charge in [-0.15, -0.1) is 0 Å². The molecule has 8 aromatic carbocycles. The highest BCUT2D eigenvalue weighted by Gasteiger charge is 2.25. The number of nitrogens with zero attached hydrogens (tertiary/aromatic N) is 5. The molecular formula is C54H37N5O. The molecule has 0 spiro atoms. The van der Waals surface area contributed by atoms with Crippen LogP contribution in [0.25, 0.3) is 88.9 Å². The summed E-state index contributed by atoms with van der Waals surface area (Å²) in [6, 6.07) is 69.4. The van der Waals surface area contributed by atoms with Crippen molar-refractivity contribution in [3.05, 3.63) is 206 Å². The third-order valence-corrected chi connectivity index (χ3v) is 11.3. The number of aliphatic imine (C=N–C) groups is 1. The van der Waals surface area contributed by atoms with Crippen LogP contribution in [0.2, 0.25) is 0 Å². The number of benzene rings is 8. The molecule has 3 heterocycles. The number of aromatic nitrogens is 4. The van der Waals surface area contributed by atoms with Crippen molar-refractivity contribution in [2.45, 2.75) is 6.61 Å². The van der Waals surface area contributed by atoms with E-state index in [1.807, 2.05) is 48.5 Å². The van der Waals surface area contributed by atoms with E-state index >= 15 is 0 Å². The summed E-state index contributed by atoms with van der Waals surface area (Å²) in [4.78, 5) is 15.6. The van der Waals surface area contributed by atoms with E-state index < -0.39 is 0 Å². The van der Waals surface area contributed by atoms with Crippen molar-refractivity contribution < 1.29 is 4.74 Å². The van der Waals surface area contributed by atoms with Crippen molar-refractivity contribution in [2.75, 3.05) is 0 Å². The summed E-state index contributed by atoms with van der Waals surface area (Å²) >= 11 is 0. The van der Waals surface area contributed by atoms with Crippen LogP contribution in [0.4, 0.5) is 5.69 Å².